The number of nitrogens with zero attached hydrogens (tertiary/aromatic N) is 1. The van der Waals surface area contributed by atoms with Gasteiger partial charge in [-0.1, -0.05) is 91.0 Å². The number of methoxy groups -OCH3 is 1. The molecule has 0 unspecified atom stereocenters. The molecule has 7 N–H and O–H groups in total. The third-order valence-corrected chi connectivity index (χ3v) is 5.49. The number of ether oxygens (including phenoxy) is 1. The Balaban J connectivity index is 0.000000213. The van der Waals surface area contributed by atoms with E-state index in [1.165, 1.54) is 0 Å². The maximum absolute atomic E-state index is 10.0. The predicted molar refractivity (Wildman–Crippen MR) is 160 cm³/mol. The molecular formula is C32H31N5O2. The van der Waals surface area contributed by atoms with E-state index in [-0.39, 0.29) is 5.84 Å². The van der Waals surface area contributed by atoms with E-state index < -0.39 is 0 Å². The minimum absolute atomic E-state index is 0.0993. The van der Waals surface area contributed by atoms with Crippen LogP contribution < -0.4 is 21.9 Å². The molecule has 0 radical (unpaired) electrons. The lowest BCUT2D eigenvalue weighted by molar-refractivity contribution is 0.112. The molecule has 39 heavy (non-hydrogen) atoms. The number of benzene rings is 4. The predicted octanol–water partition coefficient (Wildman–Crippen LogP) is 6.06. The van der Waals surface area contributed by atoms with Crippen molar-refractivity contribution in [3.05, 3.63) is 132 Å². The van der Waals surface area contributed by atoms with Gasteiger partial charge < -0.3 is 21.9 Å². The molecule has 0 saturated carbocycles. The van der Waals surface area contributed by atoms with Crippen molar-refractivity contribution in [2.75, 3.05) is 18.6 Å². The highest BCUT2D eigenvalue weighted by molar-refractivity contribution is 6.05. The van der Waals surface area contributed by atoms with Crippen LogP contribution in [0.25, 0.3) is 22.5 Å². The van der Waals surface area contributed by atoms with E-state index >= 15 is 0 Å². The lowest BCUT2D eigenvalue weighted by Gasteiger charge is -2.13. The molecule has 0 aliphatic rings. The van der Waals surface area contributed by atoms with E-state index in [0.717, 1.165) is 28.7 Å². The number of pyridine rings is 1. The van der Waals surface area contributed by atoms with Gasteiger partial charge in [-0.25, -0.2) is 4.98 Å². The first kappa shape index (κ1) is 28.1. The maximum atomic E-state index is 10.0. The number of nitrogens with one attached hydrogen (secondary N) is 1. The Bertz CT molecular complexity index is 1470. The molecule has 0 spiro atoms. The second-order valence-electron chi connectivity index (χ2n) is 8.27. The van der Waals surface area contributed by atoms with Crippen molar-refractivity contribution >= 4 is 23.5 Å². The van der Waals surface area contributed by atoms with Crippen molar-refractivity contribution in [1.82, 2.24) is 4.98 Å². The van der Waals surface area contributed by atoms with Crippen LogP contribution in [-0.4, -0.2) is 24.2 Å². The van der Waals surface area contributed by atoms with E-state index in [1.54, 1.807) is 25.3 Å². The highest BCUT2D eigenvalue weighted by Gasteiger charge is 2.15. The molecule has 0 bridgehead atoms. The SMILES string of the molecule is COc1ccccc1.N=C(N)c1c(N)cc(-c2ccc(N)cc2)nc1-c1ccccc1.O=Cc1ccccc1. The zero-order chi connectivity index (χ0) is 28.0. The number of carbonyl (C=O) groups excluding carboxylic acids is 1. The highest BCUT2D eigenvalue weighted by atomic mass is 16.5. The maximum Gasteiger partial charge on any atom is 0.150 e. The van der Waals surface area contributed by atoms with Gasteiger partial charge in [0.05, 0.1) is 24.1 Å². The summed E-state index contributed by atoms with van der Waals surface area (Å²) in [5, 5.41) is 7.81. The largest absolute Gasteiger partial charge is 0.497 e. The molecule has 1 aromatic heterocycles. The molecule has 0 amide bonds. The Morgan fingerprint density at radius 3 is 1.77 bits per heavy atom. The van der Waals surface area contributed by atoms with E-state index in [9.17, 15) is 4.79 Å². The molecule has 196 valence electrons. The summed E-state index contributed by atoms with van der Waals surface area (Å²) in [6.45, 7) is 0. The van der Waals surface area contributed by atoms with Gasteiger partial charge in [0.15, 0.2) is 0 Å². The number of para-hydroxylation sites is 1. The van der Waals surface area contributed by atoms with E-state index in [0.29, 0.717) is 28.3 Å². The monoisotopic (exact) mass is 517 g/mol. The first-order valence-electron chi connectivity index (χ1n) is 12.1. The van der Waals surface area contributed by atoms with Crippen LogP contribution in [0.5, 0.6) is 5.75 Å². The zero-order valence-corrected chi connectivity index (χ0v) is 21.6. The van der Waals surface area contributed by atoms with Gasteiger partial charge >= 0.3 is 0 Å². The van der Waals surface area contributed by atoms with Crippen molar-refractivity contribution in [3.8, 4) is 28.3 Å². The number of aldehydes is 1. The summed E-state index contributed by atoms with van der Waals surface area (Å²) in [5.74, 6) is 0.810. The minimum Gasteiger partial charge on any atom is -0.497 e. The van der Waals surface area contributed by atoms with E-state index in [4.69, 9.17) is 27.3 Å². The van der Waals surface area contributed by atoms with Crippen molar-refractivity contribution < 1.29 is 9.53 Å². The molecule has 1 heterocycles. The molecule has 7 nitrogen and oxygen atoms in total. The number of anilines is 2. The van der Waals surface area contributed by atoms with Crippen LogP contribution in [0.2, 0.25) is 0 Å². The van der Waals surface area contributed by atoms with Crippen molar-refractivity contribution in [2.45, 2.75) is 0 Å². The van der Waals surface area contributed by atoms with E-state index in [2.05, 4.69) is 4.98 Å². The third kappa shape index (κ3) is 8.30. The fourth-order valence-corrected chi connectivity index (χ4v) is 3.54. The molecule has 5 aromatic rings. The van der Waals surface area contributed by atoms with Crippen molar-refractivity contribution in [1.29, 1.82) is 5.41 Å². The Kier molecular flexibility index (Phi) is 10.4. The molecule has 0 aliphatic carbocycles. The zero-order valence-electron chi connectivity index (χ0n) is 21.6. The van der Waals surface area contributed by atoms with Crippen LogP contribution in [0.3, 0.4) is 0 Å². The quantitative estimate of drug-likeness (QED) is 0.0966. The Hall–Kier alpha value is -5.43. The van der Waals surface area contributed by atoms with Crippen LogP contribution >= 0.6 is 0 Å². The topological polar surface area (TPSA) is 141 Å². The summed E-state index contributed by atoms with van der Waals surface area (Å²) in [6.07, 6.45) is 0.833. The fraction of sp³-hybridized carbons (Fsp3) is 0.0312. The van der Waals surface area contributed by atoms with Gasteiger partial charge in [-0.05, 0) is 30.3 Å². The first-order chi connectivity index (χ1) is 18.9. The Morgan fingerprint density at radius 2 is 1.31 bits per heavy atom. The van der Waals surface area contributed by atoms with E-state index in [1.807, 2.05) is 103 Å². The van der Waals surface area contributed by atoms with Crippen LogP contribution in [0.1, 0.15) is 15.9 Å². The summed E-state index contributed by atoms with van der Waals surface area (Å²) in [7, 11) is 1.66. The molecule has 0 saturated heterocycles. The Labute approximate surface area is 228 Å². The average Bonchev–Trinajstić information content (AvgIpc) is 2.99. The molecule has 0 aliphatic heterocycles. The standard InChI is InChI=1S/C18H17N5.C7H8O.C7H6O/c19-13-8-6-11(7-9-13)15-10-14(20)16(18(21)22)17(23-15)12-4-2-1-3-5-12;1-8-7-5-3-2-4-6-7;8-6-7-4-2-1-3-5-7/h1-10H,19H2,(H2,20,23)(H3,21,22);2-6H,1H3;1-6H. The average molecular weight is 518 g/mol. The Morgan fingerprint density at radius 1 is 0.769 bits per heavy atom. The van der Waals surface area contributed by atoms with Crippen LogP contribution in [0, 0.1) is 5.41 Å². The number of carbonyl (C=O) groups is 1. The highest BCUT2D eigenvalue weighted by Crippen LogP contribution is 2.30. The third-order valence-electron chi connectivity index (χ3n) is 5.49. The summed E-state index contributed by atoms with van der Waals surface area (Å²) in [6, 6.07) is 37.5. The summed E-state index contributed by atoms with van der Waals surface area (Å²) in [5.41, 5.74) is 23.0. The van der Waals surface area contributed by atoms with Gasteiger partial charge in [0.25, 0.3) is 0 Å². The summed E-state index contributed by atoms with van der Waals surface area (Å²) < 4.78 is 4.91. The molecule has 7 heteroatoms. The fourth-order valence-electron chi connectivity index (χ4n) is 3.54. The lowest BCUT2D eigenvalue weighted by Crippen LogP contribution is -2.16. The smallest absolute Gasteiger partial charge is 0.150 e. The number of hydrogen-bond acceptors (Lipinski definition) is 6. The summed E-state index contributed by atoms with van der Waals surface area (Å²) in [4.78, 5) is 14.7. The number of amidine groups is 1. The van der Waals surface area contributed by atoms with Gasteiger partial charge in [0.1, 0.15) is 17.9 Å². The second-order valence-corrected chi connectivity index (χ2v) is 8.27. The normalized spacial score (nSPS) is 9.67. The van der Waals surface area contributed by atoms with Gasteiger partial charge in [-0.2, -0.15) is 0 Å². The van der Waals surface area contributed by atoms with Gasteiger partial charge in [-0.3, -0.25) is 10.2 Å². The number of nitrogens with two attached hydrogens (primary N) is 3. The molecule has 0 atom stereocenters. The minimum atomic E-state index is -0.0993. The molecule has 0 fully saturated rings. The lowest BCUT2D eigenvalue weighted by atomic mass is 10.0. The van der Waals surface area contributed by atoms with Crippen LogP contribution in [0.4, 0.5) is 11.4 Å². The van der Waals surface area contributed by atoms with Crippen molar-refractivity contribution in [3.63, 3.8) is 0 Å². The number of nitrogen functional groups attached to an aromatic ring is 3. The van der Waals surface area contributed by atoms with Gasteiger partial charge in [0, 0.05) is 28.1 Å². The number of rotatable bonds is 5. The number of aromatic nitrogens is 1. The van der Waals surface area contributed by atoms with Crippen molar-refractivity contribution in [2.24, 2.45) is 5.73 Å². The number of hydrogen-bond donors (Lipinski definition) is 4. The van der Waals surface area contributed by atoms with Crippen LogP contribution in [0.15, 0.2) is 121 Å². The van der Waals surface area contributed by atoms with Crippen LogP contribution in [-0.2, 0) is 0 Å². The summed E-state index contributed by atoms with van der Waals surface area (Å²) >= 11 is 0. The first-order valence-corrected chi connectivity index (χ1v) is 12.1. The molecular weight excluding hydrogens is 486 g/mol. The molecule has 4 aromatic carbocycles. The van der Waals surface area contributed by atoms with Gasteiger partial charge in [-0.15, -0.1) is 0 Å². The molecule has 5 rings (SSSR count). The second kappa shape index (κ2) is 14.3. The van der Waals surface area contributed by atoms with Gasteiger partial charge in [0.2, 0.25) is 0 Å².